The molecule has 0 aromatic heterocycles. The molecule has 0 radical (unpaired) electrons. The Balaban J connectivity index is 3.54. The summed E-state index contributed by atoms with van der Waals surface area (Å²) in [6, 6.07) is 1.85. The first-order valence-corrected chi connectivity index (χ1v) is 9.09. The zero-order chi connectivity index (χ0) is 18.5. The van der Waals surface area contributed by atoms with Crippen molar-refractivity contribution in [3.63, 3.8) is 0 Å². The molecule has 1 aromatic carbocycles. The van der Waals surface area contributed by atoms with Gasteiger partial charge in [0.1, 0.15) is 0 Å². The van der Waals surface area contributed by atoms with Gasteiger partial charge in [0.05, 0.1) is 21.7 Å². The van der Waals surface area contributed by atoms with Crippen molar-refractivity contribution in [1.82, 2.24) is 0 Å². The Labute approximate surface area is 140 Å². The second-order valence-corrected chi connectivity index (χ2v) is 7.10. The van der Waals surface area contributed by atoms with Crippen molar-refractivity contribution in [2.75, 3.05) is 5.75 Å². The van der Waals surface area contributed by atoms with Crippen molar-refractivity contribution in [2.45, 2.75) is 46.0 Å². The molecule has 1 rings (SSSR count). The summed E-state index contributed by atoms with van der Waals surface area (Å²) in [4.78, 5) is 20.6. The maximum absolute atomic E-state index is 12.0. The van der Waals surface area contributed by atoms with Crippen molar-refractivity contribution in [2.24, 2.45) is 0 Å². The van der Waals surface area contributed by atoms with Crippen LogP contribution >= 0.6 is 0 Å². The molecule has 0 bridgehead atoms. The Morgan fingerprint density at radius 2 is 1.79 bits per heavy atom. The quantitative estimate of drug-likeness (QED) is 0.374. The predicted molar refractivity (Wildman–Crippen MR) is 87.8 cm³/mol. The summed E-state index contributed by atoms with van der Waals surface area (Å²) < 4.78 is 29.1. The fourth-order valence-corrected chi connectivity index (χ4v) is 3.19. The third kappa shape index (κ3) is 4.88. The third-order valence-corrected chi connectivity index (χ3v) is 4.80. The van der Waals surface area contributed by atoms with E-state index in [1.54, 1.807) is 20.8 Å². The molecule has 0 aliphatic carbocycles. The average molecular weight is 360 g/mol. The van der Waals surface area contributed by atoms with E-state index in [0.717, 1.165) is 12.1 Å². The van der Waals surface area contributed by atoms with Crippen molar-refractivity contribution >= 4 is 21.5 Å². The van der Waals surface area contributed by atoms with Crippen LogP contribution in [-0.2, 0) is 10.1 Å². The molecule has 0 saturated heterocycles. The monoisotopic (exact) mass is 360 g/mol. The molecule has 0 aliphatic rings. The molecule has 9 nitrogen and oxygen atoms in total. The first kappa shape index (κ1) is 19.8. The molecule has 0 N–H and O–H groups in total. The van der Waals surface area contributed by atoms with Crippen molar-refractivity contribution in [3.8, 4) is 5.75 Å². The number of nitro groups is 2. The van der Waals surface area contributed by atoms with E-state index >= 15 is 0 Å². The molecule has 1 unspecified atom stereocenters. The Morgan fingerprint density at radius 1 is 1.17 bits per heavy atom. The van der Waals surface area contributed by atoms with Gasteiger partial charge in [-0.25, -0.2) is 0 Å². The lowest BCUT2D eigenvalue weighted by atomic mass is 9.96. The van der Waals surface area contributed by atoms with E-state index in [4.69, 9.17) is 4.18 Å². The average Bonchev–Trinajstić information content (AvgIpc) is 2.51. The van der Waals surface area contributed by atoms with Gasteiger partial charge in [-0.1, -0.05) is 27.2 Å². The summed E-state index contributed by atoms with van der Waals surface area (Å²) in [5.74, 6) is -1.06. The lowest BCUT2D eigenvalue weighted by Crippen LogP contribution is -2.16. The number of rotatable bonds is 9. The first-order valence-electron chi connectivity index (χ1n) is 7.51. The van der Waals surface area contributed by atoms with Crippen LogP contribution in [0, 0.1) is 20.2 Å². The van der Waals surface area contributed by atoms with E-state index in [1.807, 2.05) is 0 Å². The van der Waals surface area contributed by atoms with Crippen molar-refractivity contribution in [3.05, 3.63) is 37.9 Å². The van der Waals surface area contributed by atoms with Gasteiger partial charge < -0.3 is 4.18 Å². The molecule has 1 atom stereocenters. The summed E-state index contributed by atoms with van der Waals surface area (Å²) in [6.45, 7) is 5.27. The lowest BCUT2D eigenvalue weighted by molar-refractivity contribution is -0.394. The maximum atomic E-state index is 12.0. The van der Waals surface area contributed by atoms with Gasteiger partial charge in [0, 0.05) is 11.6 Å². The van der Waals surface area contributed by atoms with Crippen LogP contribution in [0.4, 0.5) is 11.4 Å². The van der Waals surface area contributed by atoms with Gasteiger partial charge in [-0.15, -0.1) is 0 Å². The molecule has 0 heterocycles. The van der Waals surface area contributed by atoms with Crippen LogP contribution in [0.5, 0.6) is 5.75 Å². The summed E-state index contributed by atoms with van der Waals surface area (Å²) in [5, 5.41) is 22.3. The normalized spacial score (nSPS) is 12.6. The molecule has 0 amide bonds. The Bertz CT molecular complexity index is 731. The number of hydrogen-bond acceptors (Lipinski definition) is 7. The lowest BCUT2D eigenvalue weighted by Gasteiger charge is -2.15. The summed E-state index contributed by atoms with van der Waals surface area (Å²) in [6.07, 6.45) is 1.47. The highest BCUT2D eigenvalue weighted by atomic mass is 32.2. The summed E-state index contributed by atoms with van der Waals surface area (Å²) in [7, 11) is -4.02. The van der Waals surface area contributed by atoms with Crippen molar-refractivity contribution in [1.29, 1.82) is 0 Å². The van der Waals surface area contributed by atoms with Gasteiger partial charge in [-0.2, -0.15) is 8.42 Å². The Hall–Kier alpha value is -2.23. The van der Waals surface area contributed by atoms with Gasteiger partial charge in [-0.3, -0.25) is 20.2 Å². The summed E-state index contributed by atoms with van der Waals surface area (Å²) >= 11 is 0. The number of nitro benzene ring substituents is 2. The smallest absolute Gasteiger partial charge is 0.319 e. The van der Waals surface area contributed by atoms with Gasteiger partial charge in [0.2, 0.25) is 5.75 Å². The minimum absolute atomic E-state index is 0.137. The molecule has 0 aliphatic heterocycles. The predicted octanol–water partition coefficient (Wildman–Crippen LogP) is 3.53. The summed E-state index contributed by atoms with van der Waals surface area (Å²) in [5.41, 5.74) is -1.06. The number of hydrogen-bond donors (Lipinski definition) is 0. The van der Waals surface area contributed by atoms with E-state index in [2.05, 4.69) is 0 Å². The van der Waals surface area contributed by atoms with Crippen LogP contribution in [0.25, 0.3) is 0 Å². The van der Waals surface area contributed by atoms with E-state index in [1.165, 1.54) is 0 Å². The Kier molecular flexibility index (Phi) is 6.64. The van der Waals surface area contributed by atoms with Crippen LogP contribution in [0.15, 0.2) is 12.1 Å². The molecule has 0 spiro atoms. The van der Waals surface area contributed by atoms with Crippen LogP contribution in [-0.4, -0.2) is 24.0 Å². The third-order valence-electron chi connectivity index (χ3n) is 3.59. The topological polar surface area (TPSA) is 130 Å². The first-order chi connectivity index (χ1) is 11.1. The standard InChI is InChI=1S/C14H20N2O7S/c1-4-6-7-24(21,22)23-14-12(10(3)5-2)8-11(15(17)18)9-13(14)16(19)20/h8-10H,4-7H2,1-3H3. The highest BCUT2D eigenvalue weighted by molar-refractivity contribution is 7.87. The largest absolute Gasteiger partial charge is 0.375 e. The van der Waals surface area contributed by atoms with Crippen LogP contribution in [0.1, 0.15) is 51.5 Å². The molecule has 10 heteroatoms. The van der Waals surface area contributed by atoms with Gasteiger partial charge in [0.15, 0.2) is 0 Å². The minimum atomic E-state index is -4.02. The van der Waals surface area contributed by atoms with Crippen molar-refractivity contribution < 1.29 is 22.4 Å². The number of non-ortho nitro benzene ring substituents is 1. The fraction of sp³-hybridized carbons (Fsp3) is 0.571. The number of nitrogens with zero attached hydrogens (tertiary/aromatic N) is 2. The van der Waals surface area contributed by atoms with E-state index in [-0.39, 0.29) is 17.2 Å². The SMILES string of the molecule is CCCCS(=O)(=O)Oc1c(C(C)CC)cc([N+](=O)[O-])cc1[N+](=O)[O-]. The zero-order valence-electron chi connectivity index (χ0n) is 13.7. The van der Waals surface area contributed by atoms with Gasteiger partial charge >= 0.3 is 15.8 Å². The molecular weight excluding hydrogens is 340 g/mol. The molecule has 0 saturated carbocycles. The van der Waals surface area contributed by atoms with Gasteiger partial charge in [0.25, 0.3) is 5.69 Å². The second kappa shape index (κ2) is 8.04. The number of benzene rings is 1. The van der Waals surface area contributed by atoms with Crippen LogP contribution in [0.3, 0.4) is 0 Å². The Morgan fingerprint density at radius 3 is 2.25 bits per heavy atom. The van der Waals surface area contributed by atoms with Gasteiger partial charge in [-0.05, 0) is 18.8 Å². The second-order valence-electron chi connectivity index (χ2n) is 5.41. The van der Waals surface area contributed by atoms with Crippen LogP contribution in [0.2, 0.25) is 0 Å². The van der Waals surface area contributed by atoms with E-state index < -0.39 is 37.1 Å². The molecule has 134 valence electrons. The van der Waals surface area contributed by atoms with E-state index in [0.29, 0.717) is 19.3 Å². The minimum Gasteiger partial charge on any atom is -0.375 e. The molecule has 1 aromatic rings. The number of unbranched alkanes of at least 4 members (excludes halogenated alkanes) is 1. The highest BCUT2D eigenvalue weighted by Gasteiger charge is 2.30. The molecular formula is C14H20N2O7S. The molecule has 0 fully saturated rings. The zero-order valence-corrected chi connectivity index (χ0v) is 14.5. The van der Waals surface area contributed by atoms with E-state index in [9.17, 15) is 28.6 Å². The highest BCUT2D eigenvalue weighted by Crippen LogP contribution is 2.41. The maximum Gasteiger partial charge on any atom is 0.319 e. The fourth-order valence-electron chi connectivity index (χ4n) is 2.03. The molecule has 24 heavy (non-hydrogen) atoms. The van der Waals surface area contributed by atoms with Crippen LogP contribution < -0.4 is 4.18 Å².